The number of aromatic nitrogens is 1. The Kier molecular flexibility index (Phi) is 7.06. The summed E-state index contributed by atoms with van der Waals surface area (Å²) in [6.07, 6.45) is -6.16. The van der Waals surface area contributed by atoms with Gasteiger partial charge in [-0.1, -0.05) is 18.2 Å². The minimum atomic E-state index is -5.05. The molecule has 0 fully saturated rings. The van der Waals surface area contributed by atoms with Crippen LogP contribution in [0.3, 0.4) is 0 Å². The zero-order chi connectivity index (χ0) is 26.8. The molecular formula is C26H17F7N2O2. The van der Waals surface area contributed by atoms with E-state index in [9.17, 15) is 35.5 Å². The molecule has 0 atom stereocenters. The van der Waals surface area contributed by atoms with Gasteiger partial charge < -0.3 is 9.32 Å². The fourth-order valence-corrected chi connectivity index (χ4v) is 3.79. The van der Waals surface area contributed by atoms with Crippen molar-refractivity contribution in [1.82, 2.24) is 9.88 Å². The van der Waals surface area contributed by atoms with Crippen molar-refractivity contribution < 1.29 is 39.9 Å². The quantitative estimate of drug-likeness (QED) is 0.249. The highest BCUT2D eigenvalue weighted by Crippen LogP contribution is 2.37. The van der Waals surface area contributed by atoms with Crippen LogP contribution in [0.5, 0.6) is 0 Å². The van der Waals surface area contributed by atoms with E-state index >= 15 is 0 Å². The highest BCUT2D eigenvalue weighted by molar-refractivity contribution is 5.91. The van der Waals surface area contributed by atoms with Crippen LogP contribution in [0.1, 0.15) is 32.8 Å². The second-order valence-electron chi connectivity index (χ2n) is 8.07. The highest BCUT2D eigenvalue weighted by Gasteiger charge is 2.37. The van der Waals surface area contributed by atoms with Gasteiger partial charge in [-0.05, 0) is 59.2 Å². The number of benzene rings is 2. The highest BCUT2D eigenvalue weighted by atomic mass is 19.4. The molecule has 192 valence electrons. The Morgan fingerprint density at radius 1 is 0.838 bits per heavy atom. The Hall–Kier alpha value is -4.15. The van der Waals surface area contributed by atoms with Crippen LogP contribution < -0.4 is 0 Å². The third-order valence-corrected chi connectivity index (χ3v) is 5.47. The predicted molar refractivity (Wildman–Crippen MR) is 118 cm³/mol. The van der Waals surface area contributed by atoms with Gasteiger partial charge in [0.25, 0.3) is 5.91 Å². The maximum absolute atomic E-state index is 14.5. The van der Waals surface area contributed by atoms with E-state index in [1.165, 1.54) is 55.1 Å². The maximum Gasteiger partial charge on any atom is 0.416 e. The van der Waals surface area contributed by atoms with E-state index in [0.717, 1.165) is 4.90 Å². The third kappa shape index (κ3) is 5.99. The summed E-state index contributed by atoms with van der Waals surface area (Å²) in [7, 11) is 0. The molecule has 0 unspecified atom stereocenters. The van der Waals surface area contributed by atoms with Crippen LogP contribution in [0.4, 0.5) is 30.7 Å². The van der Waals surface area contributed by atoms with Crippen molar-refractivity contribution >= 4 is 5.91 Å². The smallest absolute Gasteiger partial charge is 0.416 e. The Morgan fingerprint density at radius 3 is 2.11 bits per heavy atom. The number of furan rings is 1. The lowest BCUT2D eigenvalue weighted by molar-refractivity contribution is -0.143. The van der Waals surface area contributed by atoms with E-state index in [-0.39, 0.29) is 23.9 Å². The standard InChI is InChI=1S/C26H17F7N2O2/c27-22-5-2-1-4-21(22)20-7-8-34-13-17(20)15-35(24(36)23-6-3-9-37-23)14-16-10-18(25(28,29)30)12-19(11-16)26(31,32)33/h1-13H,14-15H2. The van der Waals surface area contributed by atoms with Crippen molar-refractivity contribution in [2.45, 2.75) is 25.4 Å². The molecule has 0 aliphatic rings. The fraction of sp³-hybridized carbons (Fsp3) is 0.154. The van der Waals surface area contributed by atoms with Crippen LogP contribution in [0.15, 0.2) is 83.7 Å². The molecule has 0 radical (unpaired) electrons. The van der Waals surface area contributed by atoms with Gasteiger partial charge in [0.1, 0.15) is 5.82 Å². The molecule has 0 spiro atoms. The van der Waals surface area contributed by atoms with Crippen LogP contribution in [0, 0.1) is 5.82 Å². The van der Waals surface area contributed by atoms with E-state index in [2.05, 4.69) is 4.98 Å². The van der Waals surface area contributed by atoms with Crippen molar-refractivity contribution in [3.05, 3.63) is 113 Å². The van der Waals surface area contributed by atoms with Gasteiger partial charge in [0.2, 0.25) is 0 Å². The second kappa shape index (κ2) is 10.1. The first-order chi connectivity index (χ1) is 17.4. The summed E-state index contributed by atoms with van der Waals surface area (Å²) in [5.41, 5.74) is -2.56. The predicted octanol–water partition coefficient (Wildman–Crippen LogP) is 7.36. The average Bonchev–Trinajstić information content (AvgIpc) is 3.38. The van der Waals surface area contributed by atoms with Crippen LogP contribution in [-0.4, -0.2) is 15.8 Å². The minimum absolute atomic E-state index is 0.0135. The molecule has 2 heterocycles. The molecule has 0 N–H and O–H groups in total. The van der Waals surface area contributed by atoms with Crippen LogP contribution >= 0.6 is 0 Å². The molecule has 0 saturated heterocycles. The Balaban J connectivity index is 1.78. The maximum atomic E-state index is 14.5. The molecule has 0 aliphatic heterocycles. The van der Waals surface area contributed by atoms with Crippen LogP contribution in [-0.2, 0) is 25.4 Å². The van der Waals surface area contributed by atoms with Crippen LogP contribution in [0.25, 0.3) is 11.1 Å². The molecule has 4 rings (SSSR count). The number of hydrogen-bond donors (Lipinski definition) is 0. The molecule has 0 saturated carbocycles. The summed E-state index contributed by atoms with van der Waals surface area (Å²) in [6.45, 7) is -0.938. The topological polar surface area (TPSA) is 46.3 Å². The number of nitrogens with zero attached hydrogens (tertiary/aromatic N) is 2. The fourth-order valence-electron chi connectivity index (χ4n) is 3.79. The van der Waals surface area contributed by atoms with Gasteiger partial charge in [0, 0.05) is 31.0 Å². The molecule has 2 aromatic carbocycles. The summed E-state index contributed by atoms with van der Waals surface area (Å²) in [5.74, 6) is -1.54. The van der Waals surface area contributed by atoms with Crippen LogP contribution in [0.2, 0.25) is 0 Å². The van der Waals surface area contributed by atoms with Crippen molar-refractivity contribution in [3.63, 3.8) is 0 Å². The van der Waals surface area contributed by atoms with Gasteiger partial charge in [-0.2, -0.15) is 26.3 Å². The van der Waals surface area contributed by atoms with E-state index in [1.54, 1.807) is 6.07 Å². The Labute approximate surface area is 206 Å². The number of pyridine rings is 1. The average molecular weight is 522 g/mol. The van der Waals surface area contributed by atoms with E-state index in [1.807, 2.05) is 0 Å². The first-order valence-corrected chi connectivity index (χ1v) is 10.7. The molecule has 11 heteroatoms. The molecule has 2 aromatic heterocycles. The molecule has 0 aliphatic carbocycles. The van der Waals surface area contributed by atoms with E-state index in [0.29, 0.717) is 23.3 Å². The SMILES string of the molecule is O=C(c1ccco1)N(Cc1cc(C(F)(F)F)cc(C(F)(F)F)c1)Cc1cnccc1-c1ccccc1F. The normalized spacial score (nSPS) is 12.0. The van der Waals surface area contributed by atoms with Gasteiger partial charge in [0.15, 0.2) is 5.76 Å². The lowest BCUT2D eigenvalue weighted by atomic mass is 10.00. The van der Waals surface area contributed by atoms with E-state index < -0.39 is 47.3 Å². The first kappa shape index (κ1) is 25.9. The molecule has 4 aromatic rings. The second-order valence-corrected chi connectivity index (χ2v) is 8.07. The monoisotopic (exact) mass is 522 g/mol. The largest absolute Gasteiger partial charge is 0.459 e. The van der Waals surface area contributed by atoms with Crippen molar-refractivity contribution in [2.24, 2.45) is 0 Å². The molecule has 37 heavy (non-hydrogen) atoms. The summed E-state index contributed by atoms with van der Waals surface area (Å²) in [6, 6.07) is 11.1. The summed E-state index contributed by atoms with van der Waals surface area (Å²) in [5, 5.41) is 0. The van der Waals surface area contributed by atoms with E-state index in [4.69, 9.17) is 4.42 Å². The lowest BCUT2D eigenvalue weighted by Crippen LogP contribution is -2.30. The number of alkyl halides is 6. The van der Waals surface area contributed by atoms with Gasteiger partial charge in [-0.3, -0.25) is 9.78 Å². The molecule has 4 nitrogen and oxygen atoms in total. The lowest BCUT2D eigenvalue weighted by Gasteiger charge is -2.24. The minimum Gasteiger partial charge on any atom is -0.459 e. The van der Waals surface area contributed by atoms with Gasteiger partial charge >= 0.3 is 12.4 Å². The van der Waals surface area contributed by atoms with Crippen molar-refractivity contribution in [3.8, 4) is 11.1 Å². The number of carbonyl (C=O) groups excluding carboxylic acids is 1. The summed E-state index contributed by atoms with van der Waals surface area (Å²) < 4.78 is 99.9. The number of halogens is 7. The van der Waals surface area contributed by atoms with Gasteiger partial charge in [-0.25, -0.2) is 4.39 Å². The first-order valence-electron chi connectivity index (χ1n) is 10.7. The van der Waals surface area contributed by atoms with Gasteiger partial charge in [0.05, 0.1) is 17.4 Å². The van der Waals surface area contributed by atoms with Crippen molar-refractivity contribution in [1.29, 1.82) is 0 Å². The molecule has 1 amide bonds. The van der Waals surface area contributed by atoms with Gasteiger partial charge in [-0.15, -0.1) is 0 Å². The zero-order valence-corrected chi connectivity index (χ0v) is 18.8. The zero-order valence-electron chi connectivity index (χ0n) is 18.8. The molecular weight excluding hydrogens is 505 g/mol. The van der Waals surface area contributed by atoms with Crippen molar-refractivity contribution in [2.75, 3.05) is 0 Å². The Morgan fingerprint density at radius 2 is 1.51 bits per heavy atom. The Bertz CT molecular complexity index is 1360. The molecule has 0 bridgehead atoms. The number of amides is 1. The summed E-state index contributed by atoms with van der Waals surface area (Å²) >= 11 is 0. The summed E-state index contributed by atoms with van der Waals surface area (Å²) in [4.78, 5) is 18.2. The number of hydrogen-bond acceptors (Lipinski definition) is 3. The third-order valence-electron chi connectivity index (χ3n) is 5.47. The number of carbonyl (C=O) groups is 1. The number of rotatable bonds is 6.